The topological polar surface area (TPSA) is 136 Å². The highest BCUT2D eigenvalue weighted by molar-refractivity contribution is 5.72. The van der Waals surface area contributed by atoms with Gasteiger partial charge in [0, 0.05) is 17.8 Å². The maximum Gasteiger partial charge on any atom is 0.232 e. The van der Waals surface area contributed by atoms with Gasteiger partial charge in [-0.2, -0.15) is 4.98 Å². The van der Waals surface area contributed by atoms with Gasteiger partial charge in [0.25, 0.3) is 0 Å². The molecule has 1 aromatic heterocycles. The standard InChI is InChI=1S/C25H28N8O4/c1-34-18-11-9-16(10-12-18)31-33-32-20-8-6-5-7-19(20)29-25-27-15-26-24(30-25)28-17-13-21(35-2)23(37-4)22(14-17)36-3/h5-15,31-33H,1-4H3,(H2,26,27,28,29,30). The summed E-state index contributed by atoms with van der Waals surface area (Å²) in [5.74, 6) is 2.97. The number of hydrazine groups is 2. The Morgan fingerprint density at radius 3 is 1.89 bits per heavy atom. The maximum atomic E-state index is 5.41. The van der Waals surface area contributed by atoms with Gasteiger partial charge in [-0.15, -0.1) is 5.53 Å². The number of ether oxygens (including phenoxy) is 4. The summed E-state index contributed by atoms with van der Waals surface area (Å²) >= 11 is 0. The molecule has 37 heavy (non-hydrogen) atoms. The first-order valence-electron chi connectivity index (χ1n) is 11.2. The van der Waals surface area contributed by atoms with Crippen molar-refractivity contribution in [3.8, 4) is 23.0 Å². The van der Waals surface area contributed by atoms with Crippen LogP contribution in [0.1, 0.15) is 0 Å². The lowest BCUT2D eigenvalue weighted by Gasteiger charge is -2.16. The molecule has 0 atom stereocenters. The van der Waals surface area contributed by atoms with Crippen molar-refractivity contribution >= 4 is 34.6 Å². The molecule has 0 saturated heterocycles. The van der Waals surface area contributed by atoms with Crippen molar-refractivity contribution in [3.63, 3.8) is 0 Å². The molecule has 12 heteroatoms. The smallest absolute Gasteiger partial charge is 0.232 e. The van der Waals surface area contributed by atoms with Gasteiger partial charge in [-0.25, -0.2) is 9.97 Å². The van der Waals surface area contributed by atoms with Crippen LogP contribution in [0.25, 0.3) is 0 Å². The minimum absolute atomic E-state index is 0.330. The molecule has 0 unspecified atom stereocenters. The quantitative estimate of drug-likeness (QED) is 0.176. The first-order valence-corrected chi connectivity index (χ1v) is 11.2. The van der Waals surface area contributed by atoms with E-state index < -0.39 is 0 Å². The predicted octanol–water partition coefficient (Wildman–Crippen LogP) is 4.34. The zero-order valence-electron chi connectivity index (χ0n) is 20.8. The number of anilines is 6. The number of rotatable bonds is 12. The summed E-state index contributed by atoms with van der Waals surface area (Å²) < 4.78 is 21.4. The Bertz CT molecular complexity index is 1300. The predicted molar refractivity (Wildman–Crippen MR) is 142 cm³/mol. The highest BCUT2D eigenvalue weighted by Crippen LogP contribution is 2.40. The van der Waals surface area contributed by atoms with Crippen LogP contribution in [-0.2, 0) is 0 Å². The molecule has 0 aliphatic rings. The number of aromatic nitrogens is 3. The van der Waals surface area contributed by atoms with E-state index in [1.807, 2.05) is 48.5 Å². The van der Waals surface area contributed by atoms with E-state index in [1.165, 1.54) is 6.33 Å². The van der Waals surface area contributed by atoms with Gasteiger partial charge in [0.05, 0.1) is 45.5 Å². The largest absolute Gasteiger partial charge is 0.497 e. The number of methoxy groups -OCH3 is 4. The maximum absolute atomic E-state index is 5.41. The second kappa shape index (κ2) is 12.1. The van der Waals surface area contributed by atoms with Gasteiger partial charge in [-0.3, -0.25) is 0 Å². The molecule has 0 radical (unpaired) electrons. The lowest BCUT2D eigenvalue weighted by molar-refractivity contribution is 0.324. The molecule has 5 N–H and O–H groups in total. The van der Waals surface area contributed by atoms with Crippen LogP contribution in [0.2, 0.25) is 0 Å². The average molecular weight is 505 g/mol. The zero-order valence-corrected chi connectivity index (χ0v) is 20.8. The third-order valence-corrected chi connectivity index (χ3v) is 5.16. The van der Waals surface area contributed by atoms with E-state index >= 15 is 0 Å². The van der Waals surface area contributed by atoms with Gasteiger partial charge in [-0.1, -0.05) is 12.1 Å². The first kappa shape index (κ1) is 25.1. The number of nitrogens with one attached hydrogen (secondary N) is 5. The van der Waals surface area contributed by atoms with E-state index in [9.17, 15) is 0 Å². The summed E-state index contributed by atoms with van der Waals surface area (Å²) in [5.41, 5.74) is 12.2. The highest BCUT2D eigenvalue weighted by atomic mass is 16.5. The Hall–Kier alpha value is -4.97. The van der Waals surface area contributed by atoms with Crippen molar-refractivity contribution in [2.75, 3.05) is 49.9 Å². The molecular weight excluding hydrogens is 476 g/mol. The van der Waals surface area contributed by atoms with Gasteiger partial charge in [0.15, 0.2) is 11.5 Å². The van der Waals surface area contributed by atoms with Crippen LogP contribution in [0.4, 0.5) is 34.6 Å². The first-order chi connectivity index (χ1) is 18.1. The van der Waals surface area contributed by atoms with Crippen LogP contribution in [0, 0.1) is 0 Å². The zero-order chi connectivity index (χ0) is 26.0. The molecular formula is C25H28N8O4. The van der Waals surface area contributed by atoms with Crippen molar-refractivity contribution in [1.29, 1.82) is 0 Å². The molecule has 1 heterocycles. The number of para-hydroxylation sites is 2. The van der Waals surface area contributed by atoms with Gasteiger partial charge >= 0.3 is 0 Å². The van der Waals surface area contributed by atoms with Crippen molar-refractivity contribution in [1.82, 2.24) is 20.5 Å². The third-order valence-electron chi connectivity index (χ3n) is 5.16. The number of hydrogen-bond acceptors (Lipinski definition) is 12. The monoisotopic (exact) mass is 504 g/mol. The molecule has 0 aliphatic heterocycles. The molecule has 192 valence electrons. The Kier molecular flexibility index (Phi) is 8.24. The van der Waals surface area contributed by atoms with Gasteiger partial charge < -0.3 is 40.4 Å². The molecule has 0 saturated carbocycles. The van der Waals surface area contributed by atoms with Crippen LogP contribution in [0.5, 0.6) is 23.0 Å². The number of benzene rings is 3. The summed E-state index contributed by atoms with van der Waals surface area (Å²) in [7, 11) is 6.29. The summed E-state index contributed by atoms with van der Waals surface area (Å²) in [5, 5.41) is 6.35. The lowest BCUT2D eigenvalue weighted by atomic mass is 10.2. The highest BCUT2D eigenvalue weighted by Gasteiger charge is 2.14. The molecule has 3 aromatic carbocycles. The Morgan fingerprint density at radius 1 is 0.622 bits per heavy atom. The lowest BCUT2D eigenvalue weighted by Crippen LogP contribution is -2.28. The van der Waals surface area contributed by atoms with E-state index in [-0.39, 0.29) is 0 Å². The van der Waals surface area contributed by atoms with Crippen LogP contribution < -0.4 is 46.0 Å². The molecule has 12 nitrogen and oxygen atoms in total. The molecule has 0 fully saturated rings. The molecule has 0 bridgehead atoms. The van der Waals surface area contributed by atoms with E-state index in [1.54, 1.807) is 40.6 Å². The molecule has 0 spiro atoms. The fraction of sp³-hybridized carbons (Fsp3) is 0.160. The molecule has 0 aliphatic carbocycles. The van der Waals surface area contributed by atoms with Crippen molar-refractivity contribution in [3.05, 3.63) is 67.0 Å². The molecule has 4 aromatic rings. The summed E-state index contributed by atoms with van der Waals surface area (Å²) in [6.45, 7) is 0. The number of nitrogens with zero attached hydrogens (tertiary/aromatic N) is 3. The van der Waals surface area contributed by atoms with E-state index in [0.29, 0.717) is 34.8 Å². The van der Waals surface area contributed by atoms with Crippen LogP contribution >= 0.6 is 0 Å². The summed E-state index contributed by atoms with van der Waals surface area (Å²) in [6.07, 6.45) is 1.41. The fourth-order valence-corrected chi connectivity index (χ4v) is 3.37. The molecule has 0 amide bonds. The van der Waals surface area contributed by atoms with Gasteiger partial charge in [0.1, 0.15) is 12.1 Å². The number of hydrogen-bond donors (Lipinski definition) is 5. The van der Waals surface area contributed by atoms with Crippen LogP contribution in [0.15, 0.2) is 67.0 Å². The molecule has 4 rings (SSSR count). The van der Waals surface area contributed by atoms with E-state index in [4.69, 9.17) is 18.9 Å². The van der Waals surface area contributed by atoms with E-state index in [0.717, 1.165) is 22.8 Å². The van der Waals surface area contributed by atoms with Crippen molar-refractivity contribution in [2.24, 2.45) is 0 Å². The van der Waals surface area contributed by atoms with Gasteiger partial charge in [0.2, 0.25) is 17.6 Å². The summed E-state index contributed by atoms with van der Waals surface area (Å²) in [4.78, 5) is 12.9. The Morgan fingerprint density at radius 2 is 1.27 bits per heavy atom. The summed E-state index contributed by atoms with van der Waals surface area (Å²) in [6, 6.07) is 18.7. The van der Waals surface area contributed by atoms with Gasteiger partial charge in [-0.05, 0) is 36.4 Å². The van der Waals surface area contributed by atoms with Crippen molar-refractivity contribution < 1.29 is 18.9 Å². The van der Waals surface area contributed by atoms with Crippen LogP contribution in [0.3, 0.4) is 0 Å². The second-order valence-electron chi connectivity index (χ2n) is 7.45. The Labute approximate surface area is 214 Å². The third kappa shape index (κ3) is 6.38. The minimum atomic E-state index is 0.330. The van der Waals surface area contributed by atoms with E-state index in [2.05, 4.69) is 42.0 Å². The van der Waals surface area contributed by atoms with Crippen LogP contribution in [-0.4, -0.2) is 43.4 Å². The second-order valence-corrected chi connectivity index (χ2v) is 7.45. The fourth-order valence-electron chi connectivity index (χ4n) is 3.37. The minimum Gasteiger partial charge on any atom is -0.497 e. The van der Waals surface area contributed by atoms with Crippen molar-refractivity contribution in [2.45, 2.75) is 0 Å². The SMILES string of the molecule is COc1ccc(NNNc2ccccc2Nc2ncnc(Nc3cc(OC)c(OC)c(OC)c3)n2)cc1. The average Bonchev–Trinajstić information content (AvgIpc) is 2.94. The normalized spacial score (nSPS) is 10.3. The Balaban J connectivity index is 1.44.